The van der Waals surface area contributed by atoms with Crippen LogP contribution in [0.3, 0.4) is 0 Å². The Morgan fingerprint density at radius 2 is 1.90 bits per heavy atom. The summed E-state index contributed by atoms with van der Waals surface area (Å²) in [7, 11) is 0. The SMILES string of the molecule is N#CCCN(C(=O)c1cccc(F)c1Cl)c1ccccc1. The van der Waals surface area contributed by atoms with Crippen LogP contribution < -0.4 is 4.90 Å². The monoisotopic (exact) mass is 302 g/mol. The molecule has 0 spiro atoms. The molecule has 0 aliphatic rings. The first kappa shape index (κ1) is 15.0. The molecule has 0 atom stereocenters. The fourth-order valence-electron chi connectivity index (χ4n) is 1.93. The van der Waals surface area contributed by atoms with Crippen LogP contribution in [-0.4, -0.2) is 12.5 Å². The molecule has 0 aliphatic carbocycles. The van der Waals surface area contributed by atoms with Crippen LogP contribution in [0.4, 0.5) is 10.1 Å². The molecule has 3 nitrogen and oxygen atoms in total. The quantitative estimate of drug-likeness (QED) is 0.855. The van der Waals surface area contributed by atoms with Crippen molar-refractivity contribution in [3.8, 4) is 6.07 Å². The molecule has 21 heavy (non-hydrogen) atoms. The molecule has 0 heterocycles. The van der Waals surface area contributed by atoms with E-state index in [1.54, 1.807) is 24.3 Å². The number of rotatable bonds is 4. The van der Waals surface area contributed by atoms with Gasteiger partial charge < -0.3 is 4.90 Å². The molecule has 0 N–H and O–H groups in total. The Morgan fingerprint density at radius 1 is 1.19 bits per heavy atom. The van der Waals surface area contributed by atoms with Crippen molar-refractivity contribution < 1.29 is 9.18 Å². The Hall–Kier alpha value is -2.38. The number of nitrogens with zero attached hydrogens (tertiary/aromatic N) is 2. The molecule has 2 rings (SSSR count). The number of nitriles is 1. The average molecular weight is 303 g/mol. The Balaban J connectivity index is 2.39. The molecule has 106 valence electrons. The van der Waals surface area contributed by atoms with Gasteiger partial charge in [-0.05, 0) is 24.3 Å². The van der Waals surface area contributed by atoms with Crippen molar-refractivity contribution in [3.63, 3.8) is 0 Å². The number of benzene rings is 2. The molecule has 1 amide bonds. The maximum atomic E-state index is 13.5. The highest BCUT2D eigenvalue weighted by atomic mass is 35.5. The minimum absolute atomic E-state index is 0.0819. The molecule has 0 fully saturated rings. The first-order chi connectivity index (χ1) is 10.1. The number of anilines is 1. The molecule has 0 radical (unpaired) electrons. The summed E-state index contributed by atoms with van der Waals surface area (Å²) in [5, 5.41) is 8.53. The van der Waals surface area contributed by atoms with E-state index in [1.165, 1.54) is 23.1 Å². The van der Waals surface area contributed by atoms with Crippen molar-refractivity contribution in [2.75, 3.05) is 11.4 Å². The highest BCUT2D eigenvalue weighted by molar-refractivity contribution is 6.34. The second kappa shape index (κ2) is 6.87. The van der Waals surface area contributed by atoms with Gasteiger partial charge in [0.2, 0.25) is 0 Å². The van der Waals surface area contributed by atoms with Crippen LogP contribution in [0.25, 0.3) is 0 Å². The van der Waals surface area contributed by atoms with E-state index in [0.717, 1.165) is 0 Å². The van der Waals surface area contributed by atoms with E-state index < -0.39 is 11.7 Å². The van der Waals surface area contributed by atoms with Gasteiger partial charge in [0, 0.05) is 12.2 Å². The topological polar surface area (TPSA) is 44.1 Å². The Bertz CT molecular complexity index is 682. The van der Waals surface area contributed by atoms with Crippen molar-refractivity contribution >= 4 is 23.2 Å². The molecule has 0 saturated heterocycles. The van der Waals surface area contributed by atoms with Gasteiger partial charge in [-0.15, -0.1) is 0 Å². The predicted octanol–water partition coefficient (Wildman–Crippen LogP) is 4.04. The van der Waals surface area contributed by atoms with Gasteiger partial charge in [0.05, 0.1) is 23.1 Å². The van der Waals surface area contributed by atoms with E-state index in [-0.39, 0.29) is 23.6 Å². The standard InChI is InChI=1S/C16H12ClFN2O/c17-15-13(8-4-9-14(15)18)16(21)20(11-5-10-19)12-6-2-1-3-7-12/h1-4,6-9H,5,11H2. The van der Waals surface area contributed by atoms with Crippen molar-refractivity contribution in [2.24, 2.45) is 0 Å². The van der Waals surface area contributed by atoms with Crippen molar-refractivity contribution in [1.29, 1.82) is 5.26 Å². The van der Waals surface area contributed by atoms with Crippen LogP contribution in [0, 0.1) is 17.1 Å². The number of amides is 1. The Morgan fingerprint density at radius 3 is 2.57 bits per heavy atom. The van der Waals surface area contributed by atoms with E-state index in [1.807, 2.05) is 12.1 Å². The maximum absolute atomic E-state index is 13.5. The number of halogens is 2. The van der Waals surface area contributed by atoms with Gasteiger partial charge in [-0.3, -0.25) is 4.79 Å². The summed E-state index contributed by atoms with van der Waals surface area (Å²) in [5.41, 5.74) is 0.719. The van der Waals surface area contributed by atoms with Gasteiger partial charge in [0.15, 0.2) is 0 Å². The summed E-state index contributed by atoms with van der Waals surface area (Å²) in [4.78, 5) is 14.0. The first-order valence-electron chi connectivity index (χ1n) is 6.33. The zero-order valence-electron chi connectivity index (χ0n) is 11.1. The van der Waals surface area contributed by atoms with Crippen LogP contribution in [0.1, 0.15) is 16.8 Å². The summed E-state index contributed by atoms with van der Waals surface area (Å²) < 4.78 is 13.5. The second-order valence-corrected chi connectivity index (χ2v) is 4.68. The zero-order chi connectivity index (χ0) is 15.2. The predicted molar refractivity (Wildman–Crippen MR) is 79.8 cm³/mol. The highest BCUT2D eigenvalue weighted by Crippen LogP contribution is 2.24. The third kappa shape index (κ3) is 3.39. The molecular formula is C16H12ClFN2O. The lowest BCUT2D eigenvalue weighted by Crippen LogP contribution is -2.32. The van der Waals surface area contributed by atoms with Crippen molar-refractivity contribution in [1.82, 2.24) is 0 Å². The Kier molecular flexibility index (Phi) is 4.91. The smallest absolute Gasteiger partial charge is 0.259 e. The normalized spacial score (nSPS) is 9.95. The average Bonchev–Trinajstić information content (AvgIpc) is 2.51. The minimum Gasteiger partial charge on any atom is -0.307 e. The third-order valence-electron chi connectivity index (χ3n) is 2.94. The lowest BCUT2D eigenvalue weighted by Gasteiger charge is -2.22. The lowest BCUT2D eigenvalue weighted by molar-refractivity contribution is 0.0987. The number of carbonyl (C=O) groups excluding carboxylic acids is 1. The molecule has 2 aromatic rings. The molecule has 0 bridgehead atoms. The molecule has 0 saturated carbocycles. The van der Waals surface area contributed by atoms with E-state index in [9.17, 15) is 9.18 Å². The van der Waals surface area contributed by atoms with Crippen molar-refractivity contribution in [2.45, 2.75) is 6.42 Å². The summed E-state index contributed by atoms with van der Waals surface area (Å²) in [5.74, 6) is -1.07. The molecule has 0 aromatic heterocycles. The van der Waals surface area contributed by atoms with Gasteiger partial charge in [0.1, 0.15) is 5.82 Å². The maximum Gasteiger partial charge on any atom is 0.259 e. The molecule has 5 heteroatoms. The summed E-state index contributed by atoms with van der Waals surface area (Å²) in [6, 6.07) is 15.0. The van der Waals surface area contributed by atoms with Crippen LogP contribution >= 0.6 is 11.6 Å². The van der Waals surface area contributed by atoms with Crippen LogP contribution in [0.2, 0.25) is 5.02 Å². The van der Waals surface area contributed by atoms with Crippen LogP contribution in [0.15, 0.2) is 48.5 Å². The zero-order valence-corrected chi connectivity index (χ0v) is 11.8. The molecule has 0 unspecified atom stereocenters. The van der Waals surface area contributed by atoms with Crippen LogP contribution in [-0.2, 0) is 0 Å². The van der Waals surface area contributed by atoms with Gasteiger partial charge in [-0.1, -0.05) is 35.9 Å². The lowest BCUT2D eigenvalue weighted by atomic mass is 10.1. The van der Waals surface area contributed by atoms with E-state index in [0.29, 0.717) is 5.69 Å². The Labute approximate surface area is 127 Å². The molecule has 0 aliphatic heterocycles. The number of hydrogen-bond donors (Lipinski definition) is 0. The van der Waals surface area contributed by atoms with Gasteiger partial charge in [-0.25, -0.2) is 4.39 Å². The number of carbonyl (C=O) groups is 1. The van der Waals surface area contributed by atoms with E-state index >= 15 is 0 Å². The van der Waals surface area contributed by atoms with Gasteiger partial charge >= 0.3 is 0 Å². The van der Waals surface area contributed by atoms with E-state index in [4.69, 9.17) is 16.9 Å². The largest absolute Gasteiger partial charge is 0.307 e. The number of hydrogen-bond acceptors (Lipinski definition) is 2. The summed E-state index contributed by atoms with van der Waals surface area (Å²) in [6.07, 6.45) is 0.174. The van der Waals surface area contributed by atoms with E-state index in [2.05, 4.69) is 0 Å². The number of para-hydroxylation sites is 1. The summed E-state index contributed by atoms with van der Waals surface area (Å²) >= 11 is 5.87. The highest BCUT2D eigenvalue weighted by Gasteiger charge is 2.21. The third-order valence-corrected chi connectivity index (χ3v) is 3.33. The molecule has 2 aromatic carbocycles. The van der Waals surface area contributed by atoms with Crippen molar-refractivity contribution in [3.05, 3.63) is 64.9 Å². The first-order valence-corrected chi connectivity index (χ1v) is 6.71. The van der Waals surface area contributed by atoms with Gasteiger partial charge in [-0.2, -0.15) is 5.26 Å². The van der Waals surface area contributed by atoms with Gasteiger partial charge in [0.25, 0.3) is 5.91 Å². The van der Waals surface area contributed by atoms with Crippen LogP contribution in [0.5, 0.6) is 0 Å². The minimum atomic E-state index is -0.643. The second-order valence-electron chi connectivity index (χ2n) is 4.30. The fourth-order valence-corrected chi connectivity index (χ4v) is 2.14. The summed E-state index contributed by atoms with van der Waals surface area (Å²) in [6.45, 7) is 0.214. The molecular weight excluding hydrogens is 291 g/mol. The fraction of sp³-hybridized carbons (Fsp3) is 0.125.